The highest BCUT2D eigenvalue weighted by Gasteiger charge is 2.61. The van der Waals surface area contributed by atoms with Gasteiger partial charge in [-0.2, -0.15) is 0 Å². The topological polar surface area (TPSA) is 174 Å². The standard InChI is InChI=1S/C13H16BrN3O9/c1-5(18)23-4-8-9(16-17-15)10(24-6(2)19)11(25-7(3)20)13(22,26-8)12(14)21/h8-11,22H,4H2,1-3H3/t8-,9-,10+,11-,13-/m1/s1. The molecule has 5 atom stereocenters. The molecule has 1 rings (SSSR count). The van der Waals surface area contributed by atoms with Crippen molar-refractivity contribution < 1.29 is 43.2 Å². The van der Waals surface area contributed by atoms with Gasteiger partial charge < -0.3 is 24.1 Å². The van der Waals surface area contributed by atoms with E-state index in [0.29, 0.717) is 0 Å². The fourth-order valence-corrected chi connectivity index (χ4v) is 2.64. The summed E-state index contributed by atoms with van der Waals surface area (Å²) in [5, 5.41) is 14.0. The zero-order chi connectivity index (χ0) is 20.1. The Kier molecular flexibility index (Phi) is 7.51. The number of hydrogen-bond donors (Lipinski definition) is 1. The van der Waals surface area contributed by atoms with Crippen LogP contribution in [0.25, 0.3) is 10.4 Å². The number of rotatable bonds is 6. The van der Waals surface area contributed by atoms with Crippen LogP contribution < -0.4 is 0 Å². The zero-order valence-corrected chi connectivity index (χ0v) is 15.5. The third kappa shape index (κ3) is 5.14. The number of esters is 3. The van der Waals surface area contributed by atoms with Crippen LogP contribution in [0.5, 0.6) is 0 Å². The van der Waals surface area contributed by atoms with E-state index >= 15 is 0 Å². The summed E-state index contributed by atoms with van der Waals surface area (Å²) in [4.78, 5) is 48.4. The van der Waals surface area contributed by atoms with Crippen LogP contribution in [0.2, 0.25) is 0 Å². The molecule has 26 heavy (non-hydrogen) atoms. The predicted octanol–water partition coefficient (Wildman–Crippen LogP) is 0.101. The van der Waals surface area contributed by atoms with E-state index < -0.39 is 59.3 Å². The molecule has 0 bridgehead atoms. The monoisotopic (exact) mass is 437 g/mol. The largest absolute Gasteiger partial charge is 0.463 e. The Bertz CT molecular complexity index is 651. The number of azide groups is 1. The molecule has 1 heterocycles. The normalized spacial score (nSPS) is 30.5. The maximum Gasteiger partial charge on any atom is 0.303 e. The first kappa shape index (κ1) is 21.8. The molecule has 1 saturated heterocycles. The Labute approximate surface area is 155 Å². The van der Waals surface area contributed by atoms with Gasteiger partial charge in [0, 0.05) is 25.7 Å². The first-order chi connectivity index (χ1) is 12.0. The summed E-state index contributed by atoms with van der Waals surface area (Å²) < 4.78 is 18.8. The summed E-state index contributed by atoms with van der Waals surface area (Å²) >= 11 is 2.53. The van der Waals surface area contributed by atoms with Crippen molar-refractivity contribution >= 4 is 38.5 Å². The van der Waals surface area contributed by atoms with E-state index in [4.69, 9.17) is 24.5 Å². The maximum absolute atomic E-state index is 11.9. The summed E-state index contributed by atoms with van der Waals surface area (Å²) in [6.45, 7) is 2.56. The number of nitrogens with zero attached hydrogens (tertiary/aromatic N) is 3. The molecule has 0 aliphatic carbocycles. The third-order valence-electron chi connectivity index (χ3n) is 3.25. The number of carbonyl (C=O) groups is 4. The molecule has 1 aliphatic rings. The van der Waals surface area contributed by atoms with Crippen molar-refractivity contribution in [2.45, 2.75) is 50.9 Å². The first-order valence-corrected chi connectivity index (χ1v) is 7.94. The number of carbonyl (C=O) groups excluding carboxylic acids is 4. The molecule has 0 aromatic rings. The average Bonchev–Trinajstić information content (AvgIpc) is 2.50. The Morgan fingerprint density at radius 1 is 1.19 bits per heavy atom. The van der Waals surface area contributed by atoms with E-state index in [-0.39, 0.29) is 0 Å². The van der Waals surface area contributed by atoms with Crippen molar-refractivity contribution in [2.75, 3.05) is 6.61 Å². The first-order valence-electron chi connectivity index (χ1n) is 7.15. The van der Waals surface area contributed by atoms with Crippen LogP contribution in [0, 0.1) is 0 Å². The number of hydrogen-bond acceptors (Lipinski definition) is 10. The summed E-state index contributed by atoms with van der Waals surface area (Å²) in [6.07, 6.45) is -4.81. The molecule has 0 unspecified atom stereocenters. The molecule has 0 saturated carbocycles. The summed E-state index contributed by atoms with van der Waals surface area (Å²) in [5.74, 6) is -5.31. The van der Waals surface area contributed by atoms with Crippen LogP contribution in [0.4, 0.5) is 0 Å². The van der Waals surface area contributed by atoms with Gasteiger partial charge in [0.2, 0.25) is 6.10 Å². The molecular formula is C13H16BrN3O9. The van der Waals surface area contributed by atoms with Crippen LogP contribution in [0.1, 0.15) is 20.8 Å². The van der Waals surface area contributed by atoms with E-state index in [9.17, 15) is 24.3 Å². The predicted molar refractivity (Wildman–Crippen MR) is 84.4 cm³/mol. The van der Waals surface area contributed by atoms with Gasteiger partial charge in [-0.25, -0.2) is 0 Å². The minimum absolute atomic E-state index is 0.536. The van der Waals surface area contributed by atoms with Gasteiger partial charge in [-0.05, 0) is 21.5 Å². The molecule has 0 amide bonds. The number of aliphatic hydroxyl groups is 1. The highest BCUT2D eigenvalue weighted by atomic mass is 79.9. The van der Waals surface area contributed by atoms with Gasteiger partial charge in [0.1, 0.15) is 18.8 Å². The van der Waals surface area contributed by atoms with E-state index in [1.807, 2.05) is 0 Å². The highest BCUT2D eigenvalue weighted by molar-refractivity contribution is 9.18. The van der Waals surface area contributed by atoms with Crippen LogP contribution >= 0.6 is 15.9 Å². The van der Waals surface area contributed by atoms with Gasteiger partial charge in [0.05, 0.1) is 0 Å². The Morgan fingerprint density at radius 3 is 2.19 bits per heavy atom. The lowest BCUT2D eigenvalue weighted by molar-refractivity contribution is -0.311. The Morgan fingerprint density at radius 2 is 1.77 bits per heavy atom. The zero-order valence-electron chi connectivity index (χ0n) is 13.9. The van der Waals surface area contributed by atoms with Crippen LogP contribution in [0.15, 0.2) is 5.11 Å². The van der Waals surface area contributed by atoms with Crippen molar-refractivity contribution in [3.8, 4) is 0 Å². The molecule has 13 heteroatoms. The van der Waals surface area contributed by atoms with Crippen LogP contribution in [-0.4, -0.2) is 64.5 Å². The molecule has 12 nitrogen and oxygen atoms in total. The molecule has 1 fully saturated rings. The SMILES string of the molecule is CC(=O)OC[C@H]1O[C@@](O)(C(=O)Br)[C@H](OC(C)=O)[C@@H](OC(C)=O)[C@@H]1N=[N+]=[N-]. The average molecular weight is 438 g/mol. The van der Waals surface area contributed by atoms with Crippen molar-refractivity contribution in [1.29, 1.82) is 0 Å². The van der Waals surface area contributed by atoms with Crippen molar-refractivity contribution in [2.24, 2.45) is 5.11 Å². The lowest BCUT2D eigenvalue weighted by Crippen LogP contribution is -2.68. The molecule has 0 aromatic carbocycles. The molecular weight excluding hydrogens is 422 g/mol. The highest BCUT2D eigenvalue weighted by Crippen LogP contribution is 2.36. The summed E-state index contributed by atoms with van der Waals surface area (Å²) in [5.41, 5.74) is 8.78. The van der Waals surface area contributed by atoms with Gasteiger partial charge in [-0.3, -0.25) is 19.2 Å². The van der Waals surface area contributed by atoms with E-state index in [1.165, 1.54) is 0 Å². The second-order valence-corrected chi connectivity index (χ2v) is 5.95. The van der Waals surface area contributed by atoms with E-state index in [2.05, 4.69) is 26.0 Å². The van der Waals surface area contributed by atoms with Crippen molar-refractivity contribution in [3.05, 3.63) is 10.4 Å². The smallest absolute Gasteiger partial charge is 0.303 e. The molecule has 1 aliphatic heterocycles. The Hall–Kier alpha value is -2.21. The molecule has 0 radical (unpaired) electrons. The fraction of sp³-hybridized carbons (Fsp3) is 0.692. The van der Waals surface area contributed by atoms with Gasteiger partial charge in [0.15, 0.2) is 6.10 Å². The van der Waals surface area contributed by atoms with Crippen molar-refractivity contribution in [3.63, 3.8) is 0 Å². The fourth-order valence-electron chi connectivity index (χ4n) is 2.32. The van der Waals surface area contributed by atoms with Crippen LogP contribution in [0.3, 0.4) is 0 Å². The van der Waals surface area contributed by atoms with E-state index in [0.717, 1.165) is 20.8 Å². The molecule has 0 spiro atoms. The second-order valence-electron chi connectivity index (χ2n) is 5.23. The maximum atomic E-state index is 11.9. The third-order valence-corrected chi connectivity index (χ3v) is 3.81. The van der Waals surface area contributed by atoms with Crippen LogP contribution in [-0.2, 0) is 38.1 Å². The van der Waals surface area contributed by atoms with Gasteiger partial charge in [0.25, 0.3) is 10.5 Å². The van der Waals surface area contributed by atoms with Gasteiger partial charge in [-0.1, -0.05) is 5.11 Å². The van der Waals surface area contributed by atoms with E-state index in [1.54, 1.807) is 0 Å². The number of halogens is 1. The summed E-state index contributed by atoms with van der Waals surface area (Å²) in [7, 11) is 0. The Balaban J connectivity index is 3.43. The lowest BCUT2D eigenvalue weighted by atomic mass is 9.91. The lowest BCUT2D eigenvalue weighted by Gasteiger charge is -2.46. The minimum atomic E-state index is -2.79. The molecule has 144 valence electrons. The van der Waals surface area contributed by atoms with Gasteiger partial charge >= 0.3 is 17.9 Å². The van der Waals surface area contributed by atoms with Crippen molar-refractivity contribution in [1.82, 2.24) is 0 Å². The molecule has 0 aromatic heterocycles. The minimum Gasteiger partial charge on any atom is -0.463 e. The van der Waals surface area contributed by atoms with Gasteiger partial charge in [-0.15, -0.1) is 0 Å². The quantitative estimate of drug-likeness (QED) is 0.151. The molecule has 1 N–H and O–H groups in total. The second kappa shape index (κ2) is 8.94. The summed E-state index contributed by atoms with van der Waals surface area (Å²) in [6, 6.07) is -1.38. The number of ether oxygens (including phenoxy) is 4.